The van der Waals surface area contributed by atoms with Crippen LogP contribution in [-0.2, 0) is 9.59 Å². The Labute approximate surface area is 213 Å². The van der Waals surface area contributed by atoms with Crippen LogP contribution in [0.3, 0.4) is 0 Å². The number of rotatable bonds is 6. The van der Waals surface area contributed by atoms with Crippen molar-refractivity contribution in [3.8, 4) is 23.0 Å². The van der Waals surface area contributed by atoms with Crippen LogP contribution >= 0.6 is 0 Å². The summed E-state index contributed by atoms with van der Waals surface area (Å²) in [7, 11) is 1.42. The zero-order chi connectivity index (χ0) is 27.1. The molecule has 2 heterocycles. The van der Waals surface area contributed by atoms with Crippen LogP contribution in [0.15, 0.2) is 48.2 Å². The summed E-state index contributed by atoms with van der Waals surface area (Å²) in [6.07, 6.45) is 0.976. The van der Waals surface area contributed by atoms with Crippen molar-refractivity contribution in [2.24, 2.45) is 5.73 Å². The van der Waals surface area contributed by atoms with E-state index in [2.05, 4.69) is 0 Å². The third-order valence-corrected chi connectivity index (χ3v) is 6.04. The van der Waals surface area contributed by atoms with Crippen LogP contribution in [0.1, 0.15) is 39.4 Å². The van der Waals surface area contributed by atoms with E-state index in [-0.39, 0.29) is 40.6 Å². The van der Waals surface area contributed by atoms with Crippen molar-refractivity contribution in [2.45, 2.75) is 12.3 Å². The van der Waals surface area contributed by atoms with Crippen LogP contribution in [-0.4, -0.2) is 31.4 Å². The highest BCUT2D eigenvalue weighted by atomic mass is 19.2. The first kappa shape index (κ1) is 24.9. The fourth-order valence-corrected chi connectivity index (χ4v) is 4.37. The van der Waals surface area contributed by atoms with Gasteiger partial charge in [-0.2, -0.15) is 0 Å². The summed E-state index contributed by atoms with van der Waals surface area (Å²) >= 11 is 0. The summed E-state index contributed by atoms with van der Waals surface area (Å²) in [6.45, 7) is -0.408. The molecule has 0 spiro atoms. The predicted octanol–water partition coefficient (Wildman–Crippen LogP) is 4.03. The van der Waals surface area contributed by atoms with Gasteiger partial charge in [-0.15, -0.1) is 0 Å². The molecule has 2 N–H and O–H groups in total. The summed E-state index contributed by atoms with van der Waals surface area (Å²) in [5, 5.41) is 0. The number of ketones is 1. The first-order valence-corrected chi connectivity index (χ1v) is 11.2. The summed E-state index contributed by atoms with van der Waals surface area (Å²) < 4.78 is 62.7. The van der Waals surface area contributed by atoms with E-state index in [4.69, 9.17) is 24.7 Å². The lowest BCUT2D eigenvalue weighted by atomic mass is 9.84. The van der Waals surface area contributed by atoms with Crippen molar-refractivity contribution in [1.29, 1.82) is 0 Å². The predicted molar refractivity (Wildman–Crippen MR) is 125 cm³/mol. The number of allylic oxidation sites excluding steroid dienone is 1. The molecule has 0 aromatic heterocycles. The number of amides is 1. The molecule has 0 bridgehead atoms. The number of carbonyl (C=O) groups is 3. The normalized spacial score (nSPS) is 16.9. The quantitative estimate of drug-likeness (QED) is 0.224. The molecule has 8 nitrogen and oxygen atoms in total. The minimum absolute atomic E-state index is 0.106. The number of fused-ring (bicyclic) bond motifs is 3. The topological polar surface area (TPSA) is 114 Å². The van der Waals surface area contributed by atoms with Gasteiger partial charge in [-0.25, -0.2) is 13.2 Å². The highest BCUT2D eigenvalue weighted by molar-refractivity contribution is 6.15. The van der Waals surface area contributed by atoms with Crippen LogP contribution < -0.4 is 24.7 Å². The van der Waals surface area contributed by atoms with Crippen molar-refractivity contribution in [2.75, 3.05) is 13.7 Å². The maximum Gasteiger partial charge on any atom is 0.312 e. The number of nitrogens with two attached hydrogens (primary N) is 1. The molecule has 1 atom stereocenters. The molecule has 1 amide bonds. The van der Waals surface area contributed by atoms with Crippen molar-refractivity contribution < 1.29 is 46.5 Å². The maximum absolute atomic E-state index is 13.7. The number of Topliss-reactive ketones (excluding diaryl/α,β-unsaturated/α-hetero) is 1. The molecule has 2 aliphatic heterocycles. The van der Waals surface area contributed by atoms with Gasteiger partial charge in [-0.3, -0.25) is 14.4 Å². The molecule has 0 radical (unpaired) electrons. The first-order chi connectivity index (χ1) is 18.2. The van der Waals surface area contributed by atoms with Crippen molar-refractivity contribution >= 4 is 23.7 Å². The lowest BCUT2D eigenvalue weighted by Gasteiger charge is -2.26. The molecule has 3 aromatic rings. The number of primary amides is 1. The highest BCUT2D eigenvalue weighted by Crippen LogP contribution is 2.49. The minimum atomic E-state index is -1.63. The lowest BCUT2D eigenvalue weighted by molar-refractivity contribution is -0.135. The third-order valence-electron chi connectivity index (χ3n) is 6.04. The second kappa shape index (κ2) is 9.58. The highest BCUT2D eigenvalue weighted by Gasteiger charge is 2.39. The number of hydrogen-bond acceptors (Lipinski definition) is 7. The van der Waals surface area contributed by atoms with Crippen LogP contribution in [0.25, 0.3) is 6.08 Å². The molecule has 0 saturated heterocycles. The van der Waals surface area contributed by atoms with Gasteiger partial charge in [0.15, 0.2) is 41.3 Å². The molecule has 194 valence electrons. The van der Waals surface area contributed by atoms with E-state index < -0.39 is 47.6 Å². The van der Waals surface area contributed by atoms with E-state index in [0.29, 0.717) is 16.9 Å². The molecular weight excluding hydrogens is 507 g/mol. The van der Waals surface area contributed by atoms with E-state index in [1.165, 1.54) is 19.2 Å². The number of carbonyl (C=O) groups excluding carboxylic acids is 3. The van der Waals surface area contributed by atoms with E-state index in [9.17, 15) is 27.6 Å². The standard InChI is InChI=1S/C27H18F3NO7/c1-35-18-4-2-13(9-20(18)36-11-22(31)32)15-10-23(33)37-19-5-3-14-26(34)21(38-27(14)24(15)19)8-12-6-16(28)25(30)17(29)7-12/h2-9,15H,10-11H2,1H3,(H2,31,32)/b21-8-/t15-/m1/s1. The SMILES string of the molecule is COc1ccc([C@H]2CC(=O)Oc3ccc4c(c32)O/C(=C\c2cc(F)c(F)c(F)c2)C4=O)cc1OCC(N)=O. The van der Waals surface area contributed by atoms with Gasteiger partial charge in [-0.05, 0) is 53.6 Å². The molecule has 2 aliphatic rings. The maximum atomic E-state index is 13.7. The average molecular weight is 525 g/mol. The Kier molecular flexibility index (Phi) is 6.27. The molecule has 3 aromatic carbocycles. The number of halogens is 3. The van der Waals surface area contributed by atoms with Gasteiger partial charge in [0.2, 0.25) is 5.78 Å². The number of benzene rings is 3. The Hall–Kier alpha value is -4.80. The second-order valence-electron chi connectivity index (χ2n) is 8.49. The molecule has 0 aliphatic carbocycles. The molecule has 0 fully saturated rings. The molecule has 0 saturated carbocycles. The molecule has 38 heavy (non-hydrogen) atoms. The Morgan fingerprint density at radius 1 is 1.05 bits per heavy atom. The summed E-state index contributed by atoms with van der Waals surface area (Å²) in [5.41, 5.74) is 6.15. The second-order valence-corrected chi connectivity index (χ2v) is 8.49. The molecule has 0 unspecified atom stereocenters. The van der Waals surface area contributed by atoms with Gasteiger partial charge < -0.3 is 24.7 Å². The number of hydrogen-bond donors (Lipinski definition) is 1. The van der Waals surface area contributed by atoms with E-state index >= 15 is 0 Å². The van der Waals surface area contributed by atoms with E-state index in [1.54, 1.807) is 18.2 Å². The van der Waals surface area contributed by atoms with Gasteiger partial charge in [-0.1, -0.05) is 6.07 Å². The fraction of sp³-hybridized carbons (Fsp3) is 0.148. The van der Waals surface area contributed by atoms with Crippen LogP contribution in [0.5, 0.6) is 23.0 Å². The van der Waals surface area contributed by atoms with Crippen LogP contribution in [0.4, 0.5) is 13.2 Å². The average Bonchev–Trinajstić information content (AvgIpc) is 3.20. The van der Waals surface area contributed by atoms with E-state index in [1.807, 2.05) is 0 Å². The summed E-state index contributed by atoms with van der Waals surface area (Å²) in [6, 6.07) is 9.17. The van der Waals surface area contributed by atoms with Gasteiger partial charge in [0.1, 0.15) is 11.5 Å². The van der Waals surface area contributed by atoms with Crippen molar-refractivity contribution in [3.63, 3.8) is 0 Å². The number of methoxy groups -OCH3 is 1. The number of ether oxygens (including phenoxy) is 4. The van der Waals surface area contributed by atoms with Gasteiger partial charge in [0.05, 0.1) is 19.1 Å². The monoisotopic (exact) mass is 525 g/mol. The van der Waals surface area contributed by atoms with Gasteiger partial charge in [0.25, 0.3) is 5.91 Å². The van der Waals surface area contributed by atoms with Crippen LogP contribution in [0, 0.1) is 17.5 Å². The van der Waals surface area contributed by atoms with Gasteiger partial charge >= 0.3 is 5.97 Å². The molecular formula is C27H18F3NO7. The smallest absolute Gasteiger partial charge is 0.312 e. The lowest BCUT2D eigenvalue weighted by Crippen LogP contribution is -2.22. The zero-order valence-electron chi connectivity index (χ0n) is 19.7. The van der Waals surface area contributed by atoms with Crippen LogP contribution in [0.2, 0.25) is 0 Å². The molecule has 5 rings (SSSR count). The first-order valence-electron chi connectivity index (χ1n) is 11.2. The van der Waals surface area contributed by atoms with Gasteiger partial charge in [0, 0.05) is 11.5 Å². The van der Waals surface area contributed by atoms with Crippen molar-refractivity contribution in [3.05, 3.63) is 87.9 Å². The third kappa shape index (κ3) is 4.42. The Morgan fingerprint density at radius 2 is 1.79 bits per heavy atom. The van der Waals surface area contributed by atoms with E-state index in [0.717, 1.165) is 18.2 Å². The largest absolute Gasteiger partial charge is 0.493 e. The van der Waals surface area contributed by atoms with Crippen molar-refractivity contribution in [1.82, 2.24) is 0 Å². The Balaban J connectivity index is 1.58. The number of esters is 1. The summed E-state index contributed by atoms with van der Waals surface area (Å²) in [5.74, 6) is -6.40. The Morgan fingerprint density at radius 3 is 2.47 bits per heavy atom. The molecule has 11 heteroatoms. The zero-order valence-corrected chi connectivity index (χ0v) is 19.7. The fourth-order valence-electron chi connectivity index (χ4n) is 4.37. The minimum Gasteiger partial charge on any atom is -0.493 e. The summed E-state index contributed by atoms with van der Waals surface area (Å²) in [4.78, 5) is 36.7. The Bertz CT molecular complexity index is 1530.